The predicted molar refractivity (Wildman–Crippen MR) is 55.0 cm³/mol. The van der Waals surface area contributed by atoms with Crippen LogP contribution in [0.1, 0.15) is 33.6 Å². The van der Waals surface area contributed by atoms with Crippen molar-refractivity contribution < 1.29 is 0 Å². The molecule has 2 heteroatoms. The van der Waals surface area contributed by atoms with Crippen LogP contribution in [0.25, 0.3) is 0 Å². The Morgan fingerprint density at radius 2 is 2.00 bits per heavy atom. The van der Waals surface area contributed by atoms with Gasteiger partial charge in [0.25, 0.3) is 0 Å². The lowest BCUT2D eigenvalue weighted by Crippen LogP contribution is -2.24. The number of rotatable bonds is 6. The minimum atomic E-state index is 0.681. The number of nitrogens with two attached hydrogens (primary N) is 1. The summed E-state index contributed by atoms with van der Waals surface area (Å²) in [6.45, 7) is 7.58. The van der Waals surface area contributed by atoms with E-state index >= 15 is 0 Å². The van der Waals surface area contributed by atoms with Gasteiger partial charge in [0.2, 0.25) is 0 Å². The topological polar surface area (TPSA) is 26.0 Å². The Hall–Kier alpha value is 0.310. The fourth-order valence-electron chi connectivity index (χ4n) is 0.997. The Morgan fingerprint density at radius 1 is 1.36 bits per heavy atom. The molecule has 0 aliphatic heterocycles. The average molecular weight is 175 g/mol. The van der Waals surface area contributed by atoms with E-state index in [1.807, 2.05) is 11.8 Å². The second-order valence-electron chi connectivity index (χ2n) is 3.03. The molecule has 0 aliphatic rings. The summed E-state index contributed by atoms with van der Waals surface area (Å²) in [5, 5.41) is 0.681. The van der Waals surface area contributed by atoms with E-state index in [-0.39, 0.29) is 0 Å². The Labute approximate surface area is 75.1 Å². The summed E-state index contributed by atoms with van der Waals surface area (Å²) in [6, 6.07) is 0. The largest absolute Gasteiger partial charge is 0.329 e. The zero-order valence-corrected chi connectivity index (χ0v) is 8.79. The van der Waals surface area contributed by atoms with Crippen LogP contribution in [0.4, 0.5) is 0 Å². The monoisotopic (exact) mass is 175 g/mol. The second kappa shape index (κ2) is 6.99. The van der Waals surface area contributed by atoms with Gasteiger partial charge in [-0.25, -0.2) is 0 Å². The highest BCUT2D eigenvalue weighted by atomic mass is 32.2. The van der Waals surface area contributed by atoms with Gasteiger partial charge in [0.05, 0.1) is 0 Å². The maximum atomic E-state index is 5.67. The average Bonchev–Trinajstić information content (AvgIpc) is 2.05. The number of thioether (sulfide) groups is 1. The first kappa shape index (κ1) is 11.3. The lowest BCUT2D eigenvalue weighted by molar-refractivity contribution is 0.538. The van der Waals surface area contributed by atoms with Crippen molar-refractivity contribution in [2.45, 2.75) is 38.9 Å². The summed E-state index contributed by atoms with van der Waals surface area (Å²) in [5.41, 5.74) is 5.67. The Bertz CT molecular complexity index is 85.6. The van der Waals surface area contributed by atoms with Gasteiger partial charge in [-0.2, -0.15) is 11.8 Å². The molecule has 0 heterocycles. The van der Waals surface area contributed by atoms with Crippen molar-refractivity contribution in [2.75, 3.05) is 12.3 Å². The van der Waals surface area contributed by atoms with E-state index in [0.29, 0.717) is 5.25 Å². The Kier molecular flexibility index (Phi) is 7.18. The van der Waals surface area contributed by atoms with Crippen LogP contribution >= 0.6 is 11.8 Å². The summed E-state index contributed by atoms with van der Waals surface area (Å²) in [7, 11) is 0. The first-order valence-electron chi connectivity index (χ1n) is 4.57. The van der Waals surface area contributed by atoms with Crippen LogP contribution < -0.4 is 5.73 Å². The van der Waals surface area contributed by atoms with Crippen molar-refractivity contribution in [2.24, 2.45) is 11.7 Å². The first-order valence-corrected chi connectivity index (χ1v) is 5.62. The Morgan fingerprint density at radius 3 is 2.36 bits per heavy atom. The molecule has 0 aromatic heterocycles. The fraction of sp³-hybridized carbons (Fsp3) is 1.00. The molecule has 0 radical (unpaired) electrons. The molecule has 68 valence electrons. The molecule has 0 amide bonds. The molecular formula is C9H21NS. The van der Waals surface area contributed by atoms with Gasteiger partial charge in [-0.3, -0.25) is 0 Å². The third-order valence-electron chi connectivity index (χ3n) is 2.05. The van der Waals surface area contributed by atoms with Gasteiger partial charge in [0, 0.05) is 11.8 Å². The minimum absolute atomic E-state index is 0.681. The third kappa shape index (κ3) is 4.70. The molecule has 2 unspecified atom stereocenters. The lowest BCUT2D eigenvalue weighted by atomic mass is 10.1. The van der Waals surface area contributed by atoms with Gasteiger partial charge < -0.3 is 5.73 Å². The second-order valence-corrected chi connectivity index (χ2v) is 4.38. The quantitative estimate of drug-likeness (QED) is 0.671. The molecule has 0 aromatic carbocycles. The van der Waals surface area contributed by atoms with Crippen molar-refractivity contribution in [1.82, 2.24) is 0 Å². The van der Waals surface area contributed by atoms with Gasteiger partial charge >= 0.3 is 0 Å². The zero-order chi connectivity index (χ0) is 8.69. The maximum Gasteiger partial charge on any atom is 0.0195 e. The molecular weight excluding hydrogens is 154 g/mol. The lowest BCUT2D eigenvalue weighted by Gasteiger charge is -2.20. The molecule has 0 fully saturated rings. The molecule has 2 N–H and O–H groups in total. The fourth-order valence-corrected chi connectivity index (χ4v) is 2.19. The molecule has 0 spiro atoms. The van der Waals surface area contributed by atoms with Crippen molar-refractivity contribution in [1.29, 1.82) is 0 Å². The van der Waals surface area contributed by atoms with E-state index < -0.39 is 0 Å². The van der Waals surface area contributed by atoms with E-state index in [2.05, 4.69) is 20.8 Å². The summed E-state index contributed by atoms with van der Waals surface area (Å²) in [4.78, 5) is 0. The minimum Gasteiger partial charge on any atom is -0.329 e. The van der Waals surface area contributed by atoms with E-state index in [0.717, 1.165) is 12.5 Å². The van der Waals surface area contributed by atoms with Crippen molar-refractivity contribution in [3.8, 4) is 0 Å². The van der Waals surface area contributed by atoms with Gasteiger partial charge in [0.15, 0.2) is 0 Å². The summed E-state index contributed by atoms with van der Waals surface area (Å²) in [5.74, 6) is 2.03. The highest BCUT2D eigenvalue weighted by Gasteiger charge is 2.13. The molecule has 2 atom stereocenters. The normalized spacial score (nSPS) is 16.4. The van der Waals surface area contributed by atoms with Gasteiger partial charge in [-0.05, 0) is 18.1 Å². The van der Waals surface area contributed by atoms with E-state index in [4.69, 9.17) is 5.73 Å². The molecule has 0 bridgehead atoms. The zero-order valence-electron chi connectivity index (χ0n) is 7.97. The smallest absolute Gasteiger partial charge is 0.0195 e. The van der Waals surface area contributed by atoms with E-state index in [1.54, 1.807) is 0 Å². The van der Waals surface area contributed by atoms with Gasteiger partial charge in [0.1, 0.15) is 0 Å². The SMILES string of the molecule is CCCSC(CN)C(C)CC. The molecule has 1 nitrogen and oxygen atoms in total. The Balaban J connectivity index is 3.56. The summed E-state index contributed by atoms with van der Waals surface area (Å²) >= 11 is 2.03. The van der Waals surface area contributed by atoms with E-state index in [1.165, 1.54) is 18.6 Å². The molecule has 0 aliphatic carbocycles. The van der Waals surface area contributed by atoms with Crippen LogP contribution in [0.2, 0.25) is 0 Å². The van der Waals surface area contributed by atoms with Crippen LogP contribution in [0, 0.1) is 5.92 Å². The van der Waals surface area contributed by atoms with Crippen molar-refractivity contribution in [3.05, 3.63) is 0 Å². The predicted octanol–water partition coefficient (Wildman–Crippen LogP) is 2.50. The maximum absolute atomic E-state index is 5.67. The van der Waals surface area contributed by atoms with Gasteiger partial charge in [-0.15, -0.1) is 0 Å². The molecule has 11 heavy (non-hydrogen) atoms. The first-order chi connectivity index (χ1) is 5.26. The standard InChI is InChI=1S/C9H21NS/c1-4-6-11-9(7-10)8(3)5-2/h8-9H,4-7,10H2,1-3H3. The van der Waals surface area contributed by atoms with Crippen LogP contribution in [-0.4, -0.2) is 17.5 Å². The number of hydrogen-bond acceptors (Lipinski definition) is 2. The summed E-state index contributed by atoms with van der Waals surface area (Å²) in [6.07, 6.45) is 2.51. The summed E-state index contributed by atoms with van der Waals surface area (Å²) < 4.78 is 0. The van der Waals surface area contributed by atoms with Crippen molar-refractivity contribution >= 4 is 11.8 Å². The number of hydrogen-bond donors (Lipinski definition) is 1. The molecule has 0 rings (SSSR count). The highest BCUT2D eigenvalue weighted by Crippen LogP contribution is 2.21. The molecule has 0 saturated carbocycles. The molecule has 0 aromatic rings. The van der Waals surface area contributed by atoms with Crippen molar-refractivity contribution in [3.63, 3.8) is 0 Å². The van der Waals surface area contributed by atoms with Crippen LogP contribution in [0.15, 0.2) is 0 Å². The van der Waals surface area contributed by atoms with E-state index in [9.17, 15) is 0 Å². The van der Waals surface area contributed by atoms with Gasteiger partial charge in [-0.1, -0.05) is 27.2 Å². The highest BCUT2D eigenvalue weighted by molar-refractivity contribution is 7.99. The van der Waals surface area contributed by atoms with Crippen LogP contribution in [0.5, 0.6) is 0 Å². The van der Waals surface area contributed by atoms with Crippen LogP contribution in [-0.2, 0) is 0 Å². The molecule has 0 saturated heterocycles. The van der Waals surface area contributed by atoms with Crippen LogP contribution in [0.3, 0.4) is 0 Å². The third-order valence-corrected chi connectivity index (χ3v) is 3.78.